The molecule has 0 spiro atoms. The third-order valence-electron chi connectivity index (χ3n) is 4.21. The molecule has 3 heteroatoms. The maximum absolute atomic E-state index is 12.2. The second-order valence-corrected chi connectivity index (χ2v) is 6.49. The van der Waals surface area contributed by atoms with Gasteiger partial charge in [0.2, 0.25) is 5.91 Å². The van der Waals surface area contributed by atoms with Crippen molar-refractivity contribution in [1.29, 1.82) is 0 Å². The van der Waals surface area contributed by atoms with Crippen molar-refractivity contribution in [2.24, 2.45) is 5.92 Å². The fourth-order valence-electron chi connectivity index (χ4n) is 2.83. The first-order valence-corrected chi connectivity index (χ1v) is 8.76. The lowest BCUT2D eigenvalue weighted by Crippen LogP contribution is -2.20. The van der Waals surface area contributed by atoms with Crippen molar-refractivity contribution in [1.82, 2.24) is 5.32 Å². The monoisotopic (exact) mass is 332 g/mol. The third kappa shape index (κ3) is 4.18. The predicted octanol–water partition coefficient (Wildman–Crippen LogP) is 4.79. The van der Waals surface area contributed by atoms with E-state index in [0.29, 0.717) is 0 Å². The van der Waals surface area contributed by atoms with Gasteiger partial charge in [-0.25, -0.2) is 0 Å². The van der Waals surface area contributed by atoms with Crippen LogP contribution >= 0.6 is 0 Å². The van der Waals surface area contributed by atoms with Crippen molar-refractivity contribution in [3.05, 3.63) is 71.3 Å². The van der Waals surface area contributed by atoms with E-state index in [1.165, 1.54) is 0 Å². The summed E-state index contributed by atoms with van der Waals surface area (Å²) in [5.74, 6) is -0.0223. The number of carbonyl (C=O) groups is 1. The molecule has 0 aliphatic carbocycles. The first-order valence-electron chi connectivity index (χ1n) is 8.76. The molecule has 0 radical (unpaired) electrons. The second kappa shape index (κ2) is 7.84. The molecule has 2 aromatic rings. The molecule has 128 valence electrons. The van der Waals surface area contributed by atoms with E-state index in [2.05, 4.69) is 47.1 Å². The van der Waals surface area contributed by atoms with E-state index in [9.17, 15) is 4.79 Å². The Morgan fingerprint density at radius 1 is 1.08 bits per heavy atom. The van der Waals surface area contributed by atoms with Gasteiger partial charge >= 0.3 is 0 Å². The first-order chi connectivity index (χ1) is 12.1. The maximum atomic E-state index is 12.2. The second-order valence-electron chi connectivity index (χ2n) is 6.49. The van der Waals surface area contributed by atoms with Gasteiger partial charge in [0.1, 0.15) is 0 Å². The standard InChI is InChI=1S/C22H24N2O/c1-16(2)22(25)24-20-11-6-10-18(21(20)19-12-7-15-23-19)14-13-17-8-4-3-5-9-17/h3-6,8-14,16,23H,7,15H2,1-2H3,(H,24,25)/b14-13+. The SMILES string of the molecule is CC(C)C(=O)Nc1cccc(/C=C/c2ccccc2)c1C1=CCCN1. The molecular weight excluding hydrogens is 308 g/mol. The topological polar surface area (TPSA) is 41.1 Å². The molecule has 0 unspecified atom stereocenters. The van der Waals surface area contributed by atoms with Crippen LogP contribution in [0.1, 0.15) is 37.0 Å². The highest BCUT2D eigenvalue weighted by Crippen LogP contribution is 2.30. The molecule has 1 aliphatic heterocycles. The third-order valence-corrected chi connectivity index (χ3v) is 4.21. The van der Waals surface area contributed by atoms with Gasteiger partial charge in [-0.15, -0.1) is 0 Å². The van der Waals surface area contributed by atoms with Crippen LogP contribution in [0.2, 0.25) is 0 Å². The van der Waals surface area contributed by atoms with Gasteiger partial charge in [0.15, 0.2) is 0 Å². The normalized spacial score (nSPS) is 13.8. The van der Waals surface area contributed by atoms with Crippen LogP contribution < -0.4 is 10.6 Å². The van der Waals surface area contributed by atoms with Crippen molar-refractivity contribution in [2.75, 3.05) is 11.9 Å². The lowest BCUT2D eigenvalue weighted by molar-refractivity contribution is -0.118. The summed E-state index contributed by atoms with van der Waals surface area (Å²) in [5, 5.41) is 6.50. The molecule has 3 rings (SSSR count). The number of rotatable bonds is 5. The zero-order chi connectivity index (χ0) is 17.6. The van der Waals surface area contributed by atoms with E-state index in [-0.39, 0.29) is 11.8 Å². The molecule has 0 atom stereocenters. The molecule has 0 saturated carbocycles. The summed E-state index contributed by atoms with van der Waals surface area (Å²) in [6.07, 6.45) is 7.41. The fourth-order valence-corrected chi connectivity index (χ4v) is 2.83. The van der Waals surface area contributed by atoms with Crippen molar-refractivity contribution in [2.45, 2.75) is 20.3 Å². The highest BCUT2D eigenvalue weighted by Gasteiger charge is 2.17. The molecule has 2 N–H and O–H groups in total. The number of anilines is 1. The molecular formula is C22H24N2O. The Labute approximate surface area is 149 Å². The molecule has 1 amide bonds. The van der Waals surface area contributed by atoms with Gasteiger partial charge in [0.05, 0.1) is 5.69 Å². The lowest BCUT2D eigenvalue weighted by atomic mass is 10.00. The number of amides is 1. The summed E-state index contributed by atoms with van der Waals surface area (Å²) >= 11 is 0. The van der Waals surface area contributed by atoms with Crippen LogP contribution in [0.3, 0.4) is 0 Å². The molecule has 0 fully saturated rings. The Morgan fingerprint density at radius 3 is 2.56 bits per heavy atom. The minimum Gasteiger partial charge on any atom is -0.384 e. The van der Waals surface area contributed by atoms with Gasteiger partial charge in [-0.05, 0) is 23.6 Å². The summed E-state index contributed by atoms with van der Waals surface area (Å²) in [6, 6.07) is 16.3. The molecule has 25 heavy (non-hydrogen) atoms. The van der Waals surface area contributed by atoms with Crippen LogP contribution in [0.25, 0.3) is 17.8 Å². The van der Waals surface area contributed by atoms with Crippen molar-refractivity contribution in [3.63, 3.8) is 0 Å². The summed E-state index contributed by atoms with van der Waals surface area (Å²) in [6.45, 7) is 4.74. The quantitative estimate of drug-likeness (QED) is 0.773. The molecule has 2 aromatic carbocycles. The van der Waals surface area contributed by atoms with Crippen LogP contribution in [0.15, 0.2) is 54.6 Å². The summed E-state index contributed by atoms with van der Waals surface area (Å²) in [7, 11) is 0. The Kier molecular flexibility index (Phi) is 5.34. The lowest BCUT2D eigenvalue weighted by Gasteiger charge is -2.16. The van der Waals surface area contributed by atoms with Crippen LogP contribution in [-0.2, 0) is 4.79 Å². The molecule has 1 heterocycles. The largest absolute Gasteiger partial charge is 0.384 e. The van der Waals surface area contributed by atoms with Crippen LogP contribution in [0.5, 0.6) is 0 Å². The highest BCUT2D eigenvalue weighted by atomic mass is 16.1. The fraction of sp³-hybridized carbons (Fsp3) is 0.227. The average Bonchev–Trinajstić information content (AvgIpc) is 3.15. The zero-order valence-electron chi connectivity index (χ0n) is 14.8. The molecule has 0 bridgehead atoms. The molecule has 0 aromatic heterocycles. The number of benzene rings is 2. The summed E-state index contributed by atoms with van der Waals surface area (Å²) < 4.78 is 0. The Bertz CT molecular complexity index is 804. The smallest absolute Gasteiger partial charge is 0.226 e. The Hall–Kier alpha value is -2.81. The van der Waals surface area contributed by atoms with E-state index < -0.39 is 0 Å². The number of nitrogens with one attached hydrogen (secondary N) is 2. The van der Waals surface area contributed by atoms with Crippen LogP contribution in [-0.4, -0.2) is 12.5 Å². The van der Waals surface area contributed by atoms with Crippen molar-refractivity contribution >= 4 is 29.4 Å². The van der Waals surface area contributed by atoms with Gasteiger partial charge in [-0.3, -0.25) is 4.79 Å². The van der Waals surface area contributed by atoms with E-state index in [0.717, 1.165) is 41.0 Å². The molecule has 3 nitrogen and oxygen atoms in total. The van der Waals surface area contributed by atoms with Gasteiger partial charge in [0, 0.05) is 23.7 Å². The van der Waals surface area contributed by atoms with Gasteiger partial charge in [0.25, 0.3) is 0 Å². The van der Waals surface area contributed by atoms with Crippen LogP contribution in [0, 0.1) is 5.92 Å². The minimum atomic E-state index is -0.0538. The Balaban J connectivity index is 1.99. The highest BCUT2D eigenvalue weighted by molar-refractivity contribution is 5.97. The van der Waals surface area contributed by atoms with Gasteiger partial charge < -0.3 is 10.6 Å². The van der Waals surface area contributed by atoms with Crippen molar-refractivity contribution < 1.29 is 4.79 Å². The first kappa shape index (κ1) is 17.0. The maximum Gasteiger partial charge on any atom is 0.226 e. The number of hydrogen-bond acceptors (Lipinski definition) is 2. The van der Waals surface area contributed by atoms with Crippen molar-refractivity contribution in [3.8, 4) is 0 Å². The van der Waals surface area contributed by atoms with Crippen LogP contribution in [0.4, 0.5) is 5.69 Å². The van der Waals surface area contributed by atoms with E-state index in [4.69, 9.17) is 0 Å². The summed E-state index contributed by atoms with van der Waals surface area (Å²) in [4.78, 5) is 12.2. The van der Waals surface area contributed by atoms with E-state index >= 15 is 0 Å². The predicted molar refractivity (Wildman–Crippen MR) is 106 cm³/mol. The molecule has 1 aliphatic rings. The van der Waals surface area contributed by atoms with Gasteiger partial charge in [-0.1, -0.05) is 74.5 Å². The number of hydrogen-bond donors (Lipinski definition) is 2. The molecule has 0 saturated heterocycles. The van der Waals surface area contributed by atoms with E-state index in [1.54, 1.807) is 0 Å². The number of carbonyl (C=O) groups excluding carboxylic acids is 1. The van der Waals surface area contributed by atoms with Gasteiger partial charge in [-0.2, -0.15) is 0 Å². The Morgan fingerprint density at radius 2 is 1.88 bits per heavy atom. The minimum absolute atomic E-state index is 0.0315. The van der Waals surface area contributed by atoms with E-state index in [1.807, 2.05) is 44.2 Å². The zero-order valence-corrected chi connectivity index (χ0v) is 14.8. The summed E-state index contributed by atoms with van der Waals surface area (Å²) in [5.41, 5.74) is 5.24. The average molecular weight is 332 g/mol.